The largest absolute Gasteiger partial charge is 0.416 e. The van der Waals surface area contributed by atoms with Crippen molar-refractivity contribution in [1.29, 1.82) is 0 Å². The van der Waals surface area contributed by atoms with Crippen LogP contribution in [0.1, 0.15) is 22.1 Å². The van der Waals surface area contributed by atoms with E-state index in [0.29, 0.717) is 10.9 Å². The third-order valence-corrected chi connectivity index (χ3v) is 3.71. The lowest BCUT2D eigenvalue weighted by Crippen LogP contribution is -2.11. The Morgan fingerprint density at radius 3 is 2.40 bits per heavy atom. The maximum Gasteiger partial charge on any atom is 0.416 e. The van der Waals surface area contributed by atoms with E-state index >= 15 is 0 Å². The van der Waals surface area contributed by atoms with Crippen molar-refractivity contribution < 1.29 is 13.2 Å². The van der Waals surface area contributed by atoms with Crippen molar-refractivity contribution in [3.8, 4) is 0 Å². The van der Waals surface area contributed by atoms with Gasteiger partial charge in [-0.2, -0.15) is 13.2 Å². The van der Waals surface area contributed by atoms with Crippen LogP contribution in [-0.4, -0.2) is 4.98 Å². The predicted molar refractivity (Wildman–Crippen MR) is 75.7 cm³/mol. The van der Waals surface area contributed by atoms with Gasteiger partial charge in [0.25, 0.3) is 0 Å². The number of nitrogens with zero attached hydrogens (tertiary/aromatic N) is 1. The predicted octanol–water partition coefficient (Wildman–Crippen LogP) is 5.39. The second kappa shape index (κ2) is 6.14. The molecule has 0 aliphatic heterocycles. The number of rotatable bonds is 3. The van der Waals surface area contributed by atoms with Gasteiger partial charge in [0.05, 0.1) is 10.9 Å². The van der Waals surface area contributed by atoms with Gasteiger partial charge in [-0.15, -0.1) is 11.6 Å². The standard InChI is InChI=1S/C14H10BrClF3N/c15-10-1-2-11(12(8-10)14(17,18)19)13(16)7-9-3-5-20-6-4-9/h1-6,8,13H,7H2. The van der Waals surface area contributed by atoms with Gasteiger partial charge >= 0.3 is 6.18 Å². The summed E-state index contributed by atoms with van der Waals surface area (Å²) in [5.74, 6) is 0. The summed E-state index contributed by atoms with van der Waals surface area (Å²) in [6, 6.07) is 7.50. The van der Waals surface area contributed by atoms with Gasteiger partial charge in [0.15, 0.2) is 0 Å². The summed E-state index contributed by atoms with van der Waals surface area (Å²) in [7, 11) is 0. The van der Waals surface area contributed by atoms with Crippen LogP contribution in [0.25, 0.3) is 0 Å². The molecule has 1 unspecified atom stereocenters. The third kappa shape index (κ3) is 3.73. The summed E-state index contributed by atoms with van der Waals surface area (Å²) in [5, 5.41) is -0.748. The van der Waals surface area contributed by atoms with Crippen molar-refractivity contribution >= 4 is 27.5 Å². The molecule has 1 heterocycles. The number of aromatic nitrogens is 1. The highest BCUT2D eigenvalue weighted by Crippen LogP contribution is 2.39. The molecule has 0 amide bonds. The smallest absolute Gasteiger partial charge is 0.265 e. The first-order valence-electron chi connectivity index (χ1n) is 5.77. The first-order chi connectivity index (χ1) is 9.38. The maximum atomic E-state index is 13.0. The summed E-state index contributed by atoms with van der Waals surface area (Å²) in [5.41, 5.74) is 0.219. The van der Waals surface area contributed by atoms with Crippen LogP contribution in [0, 0.1) is 0 Å². The molecule has 20 heavy (non-hydrogen) atoms. The average molecular weight is 365 g/mol. The Morgan fingerprint density at radius 1 is 1.15 bits per heavy atom. The molecular formula is C14H10BrClF3N. The third-order valence-electron chi connectivity index (χ3n) is 2.82. The minimum absolute atomic E-state index is 0.0826. The highest BCUT2D eigenvalue weighted by Gasteiger charge is 2.35. The lowest BCUT2D eigenvalue weighted by molar-refractivity contribution is -0.138. The fourth-order valence-corrected chi connectivity index (χ4v) is 2.61. The van der Waals surface area contributed by atoms with Crippen LogP contribution in [0.15, 0.2) is 47.2 Å². The Kier molecular flexibility index (Phi) is 4.70. The normalized spacial score (nSPS) is 13.2. The zero-order valence-corrected chi connectivity index (χ0v) is 12.5. The molecule has 0 fully saturated rings. The van der Waals surface area contributed by atoms with Crippen LogP contribution in [0.2, 0.25) is 0 Å². The van der Waals surface area contributed by atoms with Crippen molar-refractivity contribution in [2.45, 2.75) is 18.0 Å². The van der Waals surface area contributed by atoms with E-state index in [1.807, 2.05) is 0 Å². The molecule has 0 saturated carbocycles. The zero-order chi connectivity index (χ0) is 14.8. The Bertz CT molecular complexity index is 587. The molecule has 1 aromatic heterocycles. The lowest BCUT2D eigenvalue weighted by Gasteiger charge is -2.17. The number of halogens is 5. The van der Waals surface area contributed by atoms with Gasteiger partial charge in [0, 0.05) is 16.9 Å². The number of hydrogen-bond acceptors (Lipinski definition) is 1. The monoisotopic (exact) mass is 363 g/mol. The Hall–Kier alpha value is -1.07. The molecule has 0 saturated heterocycles. The van der Waals surface area contributed by atoms with Gasteiger partial charge in [-0.3, -0.25) is 4.98 Å². The minimum atomic E-state index is -4.43. The summed E-state index contributed by atoms with van der Waals surface area (Å²) < 4.78 is 39.5. The molecule has 106 valence electrons. The Balaban J connectivity index is 2.32. The van der Waals surface area contributed by atoms with Crippen molar-refractivity contribution in [1.82, 2.24) is 4.98 Å². The molecule has 1 atom stereocenters. The van der Waals surface area contributed by atoms with E-state index < -0.39 is 17.1 Å². The molecule has 2 aromatic rings. The van der Waals surface area contributed by atoms with E-state index in [-0.39, 0.29) is 5.56 Å². The molecule has 0 radical (unpaired) electrons. The highest BCUT2D eigenvalue weighted by molar-refractivity contribution is 9.10. The molecule has 0 N–H and O–H groups in total. The quantitative estimate of drug-likeness (QED) is 0.666. The molecule has 0 aliphatic carbocycles. The van der Waals surface area contributed by atoms with Gasteiger partial charge < -0.3 is 0 Å². The fraction of sp³-hybridized carbons (Fsp3) is 0.214. The van der Waals surface area contributed by atoms with Crippen LogP contribution in [0.4, 0.5) is 13.2 Å². The van der Waals surface area contributed by atoms with Gasteiger partial charge in [-0.1, -0.05) is 22.0 Å². The van der Waals surface area contributed by atoms with E-state index in [9.17, 15) is 13.2 Å². The highest BCUT2D eigenvalue weighted by atomic mass is 79.9. The molecular weight excluding hydrogens is 355 g/mol. The first-order valence-corrected chi connectivity index (χ1v) is 7.00. The molecule has 0 spiro atoms. The van der Waals surface area contributed by atoms with E-state index in [1.54, 1.807) is 30.6 Å². The molecule has 1 nitrogen and oxygen atoms in total. The van der Waals surface area contributed by atoms with Crippen LogP contribution >= 0.6 is 27.5 Å². The van der Waals surface area contributed by atoms with Crippen LogP contribution in [0.3, 0.4) is 0 Å². The van der Waals surface area contributed by atoms with Crippen molar-refractivity contribution in [3.05, 3.63) is 63.9 Å². The van der Waals surface area contributed by atoms with Crippen LogP contribution < -0.4 is 0 Å². The summed E-state index contributed by atoms with van der Waals surface area (Å²) in [6.07, 6.45) is -0.935. The minimum Gasteiger partial charge on any atom is -0.265 e. The van der Waals surface area contributed by atoms with Crippen LogP contribution in [0.5, 0.6) is 0 Å². The van der Waals surface area contributed by atoms with E-state index in [1.165, 1.54) is 6.07 Å². The van der Waals surface area contributed by atoms with Gasteiger partial charge in [0.2, 0.25) is 0 Å². The summed E-state index contributed by atoms with van der Waals surface area (Å²) in [6.45, 7) is 0. The maximum absolute atomic E-state index is 13.0. The number of alkyl halides is 4. The van der Waals surface area contributed by atoms with Crippen molar-refractivity contribution in [2.75, 3.05) is 0 Å². The summed E-state index contributed by atoms with van der Waals surface area (Å²) in [4.78, 5) is 3.86. The Morgan fingerprint density at radius 2 is 1.80 bits per heavy atom. The second-order valence-electron chi connectivity index (χ2n) is 4.26. The summed E-state index contributed by atoms with van der Waals surface area (Å²) >= 11 is 9.22. The molecule has 1 aromatic carbocycles. The van der Waals surface area contributed by atoms with Crippen molar-refractivity contribution in [3.63, 3.8) is 0 Å². The van der Waals surface area contributed by atoms with Gasteiger partial charge in [-0.05, 0) is 41.8 Å². The molecule has 0 aliphatic rings. The topological polar surface area (TPSA) is 12.9 Å². The Labute approximate surface area is 127 Å². The van der Waals surface area contributed by atoms with E-state index in [2.05, 4.69) is 20.9 Å². The second-order valence-corrected chi connectivity index (χ2v) is 5.70. The SMILES string of the molecule is FC(F)(F)c1cc(Br)ccc1C(Cl)Cc1ccncc1. The van der Waals surface area contributed by atoms with E-state index in [0.717, 1.165) is 11.6 Å². The number of pyridine rings is 1. The van der Waals surface area contributed by atoms with E-state index in [4.69, 9.17) is 11.6 Å². The molecule has 6 heteroatoms. The fourth-order valence-electron chi connectivity index (χ4n) is 1.88. The molecule has 0 bridgehead atoms. The van der Waals surface area contributed by atoms with Gasteiger partial charge in [-0.25, -0.2) is 0 Å². The van der Waals surface area contributed by atoms with Crippen molar-refractivity contribution in [2.24, 2.45) is 0 Å². The van der Waals surface area contributed by atoms with Crippen LogP contribution in [-0.2, 0) is 12.6 Å². The number of benzene rings is 1. The average Bonchev–Trinajstić information content (AvgIpc) is 2.38. The van der Waals surface area contributed by atoms with Gasteiger partial charge in [0.1, 0.15) is 0 Å². The lowest BCUT2D eigenvalue weighted by atomic mass is 9.99. The molecule has 2 rings (SSSR count). The first kappa shape index (κ1) is 15.3. The number of hydrogen-bond donors (Lipinski definition) is 0. The zero-order valence-electron chi connectivity index (χ0n) is 10.2.